The summed E-state index contributed by atoms with van der Waals surface area (Å²) in [6, 6.07) is 0. The fraction of sp³-hybridized carbons (Fsp3) is 0.400. The van der Waals surface area contributed by atoms with Crippen molar-refractivity contribution in [1.29, 1.82) is 0 Å². The van der Waals surface area contributed by atoms with Crippen LogP contribution in [0.2, 0.25) is 0 Å². The Kier molecular flexibility index (Phi) is 2.44. The molecule has 0 aromatic carbocycles. The molecule has 0 aliphatic rings. The predicted molar refractivity (Wildman–Crippen MR) is 35.3 cm³/mol. The second-order valence-electron chi connectivity index (χ2n) is 2.16. The maximum atomic E-state index is 12.1. The van der Waals surface area contributed by atoms with Gasteiger partial charge in [-0.2, -0.15) is 13.2 Å². The number of alkyl halides is 3. The van der Waals surface area contributed by atoms with Crippen LogP contribution < -0.4 is 0 Å². The molecule has 0 spiro atoms. The number of hydrogen-bond donors (Lipinski definition) is 1. The second kappa shape index (κ2) is 3.11. The summed E-state index contributed by atoms with van der Waals surface area (Å²) >= 11 is -2.74. The van der Waals surface area contributed by atoms with Crippen LogP contribution in [0.5, 0.6) is 0 Å². The number of nitrogens with zero attached hydrogens (tertiary/aromatic N) is 1. The van der Waals surface area contributed by atoms with Crippen LogP contribution in [0, 0.1) is 6.92 Å². The third kappa shape index (κ3) is 1.89. The van der Waals surface area contributed by atoms with Crippen LogP contribution in [-0.2, 0) is 17.3 Å². The molecule has 0 radical (unpaired) electrons. The van der Waals surface area contributed by atoms with Gasteiger partial charge in [0.15, 0.2) is 16.8 Å². The SMILES string of the molecule is Cc1onc(C(F)(F)F)c1S(=O)O. The maximum absolute atomic E-state index is 12.1. The highest BCUT2D eigenvalue weighted by Crippen LogP contribution is 2.33. The van der Waals surface area contributed by atoms with Crippen LogP contribution in [0.1, 0.15) is 11.5 Å². The van der Waals surface area contributed by atoms with Gasteiger partial charge in [-0.3, -0.25) is 0 Å². The van der Waals surface area contributed by atoms with E-state index >= 15 is 0 Å². The van der Waals surface area contributed by atoms with Gasteiger partial charge in [0.05, 0.1) is 0 Å². The van der Waals surface area contributed by atoms with Crippen molar-refractivity contribution in [3.8, 4) is 0 Å². The van der Waals surface area contributed by atoms with Crippen molar-refractivity contribution in [2.45, 2.75) is 18.0 Å². The second-order valence-corrected chi connectivity index (χ2v) is 3.07. The van der Waals surface area contributed by atoms with E-state index < -0.39 is 27.8 Å². The molecule has 0 aliphatic heterocycles. The Labute approximate surface area is 73.0 Å². The summed E-state index contributed by atoms with van der Waals surface area (Å²) < 4.78 is 59.3. The zero-order valence-corrected chi connectivity index (χ0v) is 7.07. The Balaban J connectivity index is 3.31. The van der Waals surface area contributed by atoms with Gasteiger partial charge in [0.25, 0.3) is 0 Å². The Hall–Kier alpha value is -0.890. The van der Waals surface area contributed by atoms with Gasteiger partial charge in [0.1, 0.15) is 4.90 Å². The van der Waals surface area contributed by atoms with Gasteiger partial charge in [-0.15, -0.1) is 0 Å². The van der Waals surface area contributed by atoms with Crippen molar-refractivity contribution in [2.24, 2.45) is 0 Å². The predicted octanol–water partition coefficient (Wildman–Crippen LogP) is 1.58. The smallest absolute Gasteiger partial charge is 0.360 e. The molecule has 4 nitrogen and oxygen atoms in total. The molecule has 74 valence electrons. The van der Waals surface area contributed by atoms with E-state index in [-0.39, 0.29) is 5.76 Å². The van der Waals surface area contributed by atoms with Crippen molar-refractivity contribution in [3.63, 3.8) is 0 Å². The van der Waals surface area contributed by atoms with Crippen molar-refractivity contribution in [1.82, 2.24) is 5.16 Å². The van der Waals surface area contributed by atoms with E-state index in [4.69, 9.17) is 4.55 Å². The molecule has 1 N–H and O–H groups in total. The van der Waals surface area contributed by atoms with Crippen LogP contribution in [0.4, 0.5) is 13.2 Å². The molecule has 1 atom stereocenters. The first kappa shape index (κ1) is 10.2. The fourth-order valence-electron chi connectivity index (χ4n) is 0.750. The van der Waals surface area contributed by atoms with Gasteiger partial charge < -0.3 is 9.08 Å². The number of hydrogen-bond acceptors (Lipinski definition) is 3. The lowest BCUT2D eigenvalue weighted by atomic mass is 10.4. The van der Waals surface area contributed by atoms with Crippen LogP contribution in [0.25, 0.3) is 0 Å². The van der Waals surface area contributed by atoms with Gasteiger partial charge in [-0.05, 0) is 6.92 Å². The third-order valence-electron chi connectivity index (χ3n) is 1.25. The Morgan fingerprint density at radius 2 is 2.08 bits per heavy atom. The first-order valence-electron chi connectivity index (χ1n) is 2.98. The molecule has 1 unspecified atom stereocenters. The van der Waals surface area contributed by atoms with Gasteiger partial charge >= 0.3 is 6.18 Å². The molecule has 0 saturated carbocycles. The summed E-state index contributed by atoms with van der Waals surface area (Å²) in [6.07, 6.45) is -4.77. The maximum Gasteiger partial charge on any atom is 0.438 e. The fourth-order valence-corrected chi connectivity index (χ4v) is 1.35. The minimum Gasteiger partial charge on any atom is -0.360 e. The molecule has 1 aromatic rings. The van der Waals surface area contributed by atoms with E-state index in [2.05, 4.69) is 9.68 Å². The zero-order chi connectivity index (χ0) is 10.2. The van der Waals surface area contributed by atoms with E-state index in [1.54, 1.807) is 0 Å². The summed E-state index contributed by atoms with van der Waals surface area (Å²) in [5.74, 6) is -0.312. The average molecular weight is 215 g/mol. The minimum absolute atomic E-state index is 0.312. The van der Waals surface area contributed by atoms with Crippen LogP contribution in [0.3, 0.4) is 0 Å². The Morgan fingerprint density at radius 3 is 2.38 bits per heavy atom. The number of rotatable bonds is 1. The van der Waals surface area contributed by atoms with E-state index in [0.717, 1.165) is 6.92 Å². The molecule has 8 heteroatoms. The lowest BCUT2D eigenvalue weighted by Crippen LogP contribution is -2.09. The molecule has 0 aliphatic carbocycles. The Bertz CT molecular complexity index is 345. The van der Waals surface area contributed by atoms with Crippen LogP contribution in [-0.4, -0.2) is 13.9 Å². The van der Waals surface area contributed by atoms with Crippen molar-refractivity contribution in [3.05, 3.63) is 11.5 Å². The van der Waals surface area contributed by atoms with E-state index in [1.807, 2.05) is 0 Å². The molecule has 0 fully saturated rings. The lowest BCUT2D eigenvalue weighted by Gasteiger charge is -2.01. The number of halogens is 3. The molecule has 0 saturated heterocycles. The van der Waals surface area contributed by atoms with Crippen molar-refractivity contribution >= 4 is 11.1 Å². The summed E-state index contributed by atoms with van der Waals surface area (Å²) in [4.78, 5) is -0.826. The summed E-state index contributed by atoms with van der Waals surface area (Å²) in [6.45, 7) is 1.13. The summed E-state index contributed by atoms with van der Waals surface area (Å²) in [5.41, 5.74) is -1.45. The molecule has 0 bridgehead atoms. The molecular formula is C5H4F3NO3S. The van der Waals surface area contributed by atoms with E-state index in [9.17, 15) is 17.4 Å². The van der Waals surface area contributed by atoms with Crippen LogP contribution >= 0.6 is 0 Å². The van der Waals surface area contributed by atoms with Gasteiger partial charge in [-0.25, -0.2) is 4.21 Å². The minimum atomic E-state index is -4.77. The standard InChI is InChI=1S/C5H4F3NO3S/c1-2-3(13(10)11)4(9-12-2)5(6,7)8/h1H3,(H,10,11). The molecule has 13 heavy (non-hydrogen) atoms. The number of aryl methyl sites for hydroxylation is 1. The summed E-state index contributed by atoms with van der Waals surface area (Å²) in [7, 11) is 0. The first-order chi connectivity index (χ1) is 5.84. The lowest BCUT2D eigenvalue weighted by molar-refractivity contribution is -0.144. The van der Waals surface area contributed by atoms with E-state index in [0.29, 0.717) is 0 Å². The average Bonchev–Trinajstić information content (AvgIpc) is 2.28. The number of aromatic nitrogens is 1. The highest BCUT2D eigenvalue weighted by atomic mass is 32.2. The van der Waals surface area contributed by atoms with E-state index in [1.165, 1.54) is 0 Å². The monoisotopic (exact) mass is 215 g/mol. The Morgan fingerprint density at radius 1 is 1.54 bits per heavy atom. The highest BCUT2D eigenvalue weighted by molar-refractivity contribution is 7.79. The highest BCUT2D eigenvalue weighted by Gasteiger charge is 2.40. The molecular weight excluding hydrogens is 211 g/mol. The first-order valence-corrected chi connectivity index (χ1v) is 4.09. The zero-order valence-electron chi connectivity index (χ0n) is 6.25. The van der Waals surface area contributed by atoms with Crippen molar-refractivity contribution < 1.29 is 26.5 Å². The molecule has 1 heterocycles. The van der Waals surface area contributed by atoms with Crippen LogP contribution in [0.15, 0.2) is 9.42 Å². The normalized spacial score (nSPS) is 14.5. The third-order valence-corrected chi connectivity index (χ3v) is 2.08. The van der Waals surface area contributed by atoms with Crippen molar-refractivity contribution in [2.75, 3.05) is 0 Å². The van der Waals surface area contributed by atoms with Gasteiger partial charge in [0, 0.05) is 0 Å². The topological polar surface area (TPSA) is 63.3 Å². The van der Waals surface area contributed by atoms with Gasteiger partial charge in [-0.1, -0.05) is 5.16 Å². The van der Waals surface area contributed by atoms with Gasteiger partial charge in [0.2, 0.25) is 5.69 Å². The largest absolute Gasteiger partial charge is 0.438 e. The molecule has 0 amide bonds. The summed E-state index contributed by atoms with van der Waals surface area (Å²) in [5, 5.41) is 2.66. The molecule has 1 rings (SSSR count). The molecule has 1 aromatic heterocycles. The quantitative estimate of drug-likeness (QED) is 0.722.